The molecule has 28 heavy (non-hydrogen) atoms. The van der Waals surface area contributed by atoms with E-state index in [9.17, 15) is 9.59 Å². The summed E-state index contributed by atoms with van der Waals surface area (Å²) in [6.07, 6.45) is 5.06. The molecule has 0 radical (unpaired) electrons. The number of esters is 1. The van der Waals surface area contributed by atoms with Crippen molar-refractivity contribution in [1.82, 2.24) is 4.98 Å². The number of carbonyl (C=O) groups is 1. The zero-order valence-electron chi connectivity index (χ0n) is 14.8. The molecule has 4 aromatic rings. The average molecular weight is 369 g/mol. The molecule has 0 aliphatic carbocycles. The Balaban J connectivity index is 1.76. The zero-order valence-corrected chi connectivity index (χ0v) is 14.8. The van der Waals surface area contributed by atoms with Gasteiger partial charge in [-0.1, -0.05) is 36.4 Å². The van der Waals surface area contributed by atoms with Crippen molar-refractivity contribution in [1.29, 1.82) is 0 Å². The van der Waals surface area contributed by atoms with Crippen LogP contribution in [0.1, 0.15) is 23.5 Å². The first kappa shape index (κ1) is 16.4. The third-order valence-electron chi connectivity index (χ3n) is 5.05. The van der Waals surface area contributed by atoms with Crippen LogP contribution in [0.5, 0.6) is 5.75 Å². The Labute approximate surface area is 160 Å². The van der Waals surface area contributed by atoms with Crippen LogP contribution in [-0.2, 0) is 4.79 Å². The Morgan fingerprint density at radius 1 is 0.964 bits per heavy atom. The van der Waals surface area contributed by atoms with Crippen LogP contribution in [0.3, 0.4) is 0 Å². The Kier molecular flexibility index (Phi) is 3.79. The molecule has 3 heterocycles. The molecule has 1 aliphatic heterocycles. The van der Waals surface area contributed by atoms with Gasteiger partial charge in [0, 0.05) is 23.9 Å². The predicted octanol–water partition coefficient (Wildman–Crippen LogP) is 4.30. The van der Waals surface area contributed by atoms with E-state index in [1.165, 1.54) is 6.26 Å². The molecule has 136 valence electrons. The van der Waals surface area contributed by atoms with Crippen LogP contribution in [0.4, 0.5) is 0 Å². The van der Waals surface area contributed by atoms with Crippen LogP contribution in [0.2, 0.25) is 0 Å². The lowest BCUT2D eigenvalue weighted by atomic mass is 9.86. The number of benzene rings is 2. The minimum absolute atomic E-state index is 0.114. The quantitative estimate of drug-likeness (QED) is 0.389. The number of hydrogen-bond acceptors (Lipinski definition) is 5. The molecule has 5 heteroatoms. The SMILES string of the molecule is O=C1CC(c2cccnc2)c2c(ccc3c(=O)c(-c4ccccc4)coc23)O1. The molecule has 1 aliphatic rings. The van der Waals surface area contributed by atoms with Gasteiger partial charge in [0.05, 0.1) is 17.4 Å². The first-order valence-electron chi connectivity index (χ1n) is 8.97. The number of nitrogens with zero attached hydrogens (tertiary/aromatic N) is 1. The topological polar surface area (TPSA) is 69.4 Å². The third-order valence-corrected chi connectivity index (χ3v) is 5.05. The second-order valence-corrected chi connectivity index (χ2v) is 6.72. The molecule has 0 spiro atoms. The summed E-state index contributed by atoms with van der Waals surface area (Å²) in [5.74, 6) is -0.170. The van der Waals surface area contributed by atoms with E-state index in [0.29, 0.717) is 27.8 Å². The molecule has 0 bridgehead atoms. The second-order valence-electron chi connectivity index (χ2n) is 6.72. The smallest absolute Gasteiger partial charge is 0.312 e. The van der Waals surface area contributed by atoms with E-state index < -0.39 is 0 Å². The molecular formula is C23H15NO4. The summed E-state index contributed by atoms with van der Waals surface area (Å²) >= 11 is 0. The second kappa shape index (κ2) is 6.46. The van der Waals surface area contributed by atoms with Crippen molar-refractivity contribution >= 4 is 16.9 Å². The molecular weight excluding hydrogens is 354 g/mol. The van der Waals surface area contributed by atoms with Gasteiger partial charge in [-0.25, -0.2) is 0 Å². The lowest BCUT2D eigenvalue weighted by molar-refractivity contribution is -0.135. The highest BCUT2D eigenvalue weighted by Crippen LogP contribution is 2.42. The van der Waals surface area contributed by atoms with Gasteiger partial charge < -0.3 is 9.15 Å². The summed E-state index contributed by atoms with van der Waals surface area (Å²) in [7, 11) is 0. The number of rotatable bonds is 2. The number of aromatic nitrogens is 1. The minimum atomic E-state index is -0.316. The van der Waals surface area contributed by atoms with Crippen LogP contribution in [-0.4, -0.2) is 11.0 Å². The molecule has 0 N–H and O–H groups in total. The van der Waals surface area contributed by atoms with E-state index in [-0.39, 0.29) is 23.7 Å². The van der Waals surface area contributed by atoms with Crippen molar-refractivity contribution in [3.8, 4) is 16.9 Å². The molecule has 0 saturated heterocycles. The maximum atomic E-state index is 13.1. The fourth-order valence-corrected chi connectivity index (χ4v) is 3.74. The average Bonchev–Trinajstić information content (AvgIpc) is 2.74. The normalized spacial score (nSPS) is 15.9. The highest BCUT2D eigenvalue weighted by molar-refractivity contribution is 5.90. The van der Waals surface area contributed by atoms with E-state index in [0.717, 1.165) is 11.1 Å². The monoisotopic (exact) mass is 369 g/mol. The number of ether oxygens (including phenoxy) is 1. The molecule has 1 atom stereocenters. The third kappa shape index (κ3) is 2.60. The van der Waals surface area contributed by atoms with E-state index in [1.54, 1.807) is 24.5 Å². The molecule has 0 fully saturated rings. The van der Waals surface area contributed by atoms with Crippen molar-refractivity contribution < 1.29 is 13.9 Å². The highest BCUT2D eigenvalue weighted by Gasteiger charge is 2.32. The van der Waals surface area contributed by atoms with E-state index >= 15 is 0 Å². The highest BCUT2D eigenvalue weighted by atomic mass is 16.5. The van der Waals surface area contributed by atoms with Crippen LogP contribution in [0, 0.1) is 0 Å². The molecule has 5 nitrogen and oxygen atoms in total. The van der Waals surface area contributed by atoms with Crippen molar-refractivity contribution in [3.05, 3.63) is 94.6 Å². The standard InChI is InChI=1S/C23H15NO4/c25-20-11-17(15-7-4-10-24-12-15)21-19(28-20)9-8-16-22(26)18(13-27-23(16)21)14-5-2-1-3-6-14/h1-10,12-13,17H,11H2. The molecule has 1 unspecified atom stereocenters. The van der Waals surface area contributed by atoms with Gasteiger partial charge in [-0.2, -0.15) is 0 Å². The van der Waals surface area contributed by atoms with Crippen LogP contribution >= 0.6 is 0 Å². The van der Waals surface area contributed by atoms with Crippen LogP contribution < -0.4 is 10.2 Å². The summed E-state index contributed by atoms with van der Waals surface area (Å²) < 4.78 is 11.4. The lowest BCUT2D eigenvalue weighted by Gasteiger charge is -2.25. The van der Waals surface area contributed by atoms with E-state index in [2.05, 4.69) is 4.98 Å². The first-order valence-corrected chi connectivity index (χ1v) is 8.97. The summed E-state index contributed by atoms with van der Waals surface area (Å²) in [5, 5.41) is 0.465. The summed E-state index contributed by atoms with van der Waals surface area (Å²) in [5.41, 5.74) is 3.22. The maximum Gasteiger partial charge on any atom is 0.312 e. The molecule has 5 rings (SSSR count). The summed E-state index contributed by atoms with van der Waals surface area (Å²) in [6.45, 7) is 0. The van der Waals surface area contributed by atoms with Gasteiger partial charge in [0.25, 0.3) is 0 Å². The number of carbonyl (C=O) groups excluding carboxylic acids is 1. The molecule has 0 amide bonds. The van der Waals surface area contributed by atoms with Crippen LogP contribution in [0.15, 0.2) is 82.5 Å². The van der Waals surface area contributed by atoms with Gasteiger partial charge in [-0.15, -0.1) is 0 Å². The molecule has 0 saturated carbocycles. The number of hydrogen-bond donors (Lipinski definition) is 0. The molecule has 2 aromatic heterocycles. The van der Waals surface area contributed by atoms with Gasteiger partial charge in [-0.3, -0.25) is 14.6 Å². The lowest BCUT2D eigenvalue weighted by Crippen LogP contribution is -2.22. The van der Waals surface area contributed by atoms with Gasteiger partial charge in [-0.05, 0) is 29.3 Å². The van der Waals surface area contributed by atoms with Gasteiger partial charge in [0.15, 0.2) is 0 Å². The van der Waals surface area contributed by atoms with Crippen molar-refractivity contribution in [2.75, 3.05) is 0 Å². The Hall–Kier alpha value is -3.73. The number of fused-ring (bicyclic) bond motifs is 3. The van der Waals surface area contributed by atoms with Gasteiger partial charge in [0.2, 0.25) is 5.43 Å². The minimum Gasteiger partial charge on any atom is -0.463 e. The summed E-state index contributed by atoms with van der Waals surface area (Å²) in [6, 6.07) is 16.5. The van der Waals surface area contributed by atoms with E-state index in [4.69, 9.17) is 9.15 Å². The summed E-state index contributed by atoms with van der Waals surface area (Å²) in [4.78, 5) is 29.4. The van der Waals surface area contributed by atoms with Gasteiger partial charge in [0.1, 0.15) is 17.6 Å². The van der Waals surface area contributed by atoms with Crippen molar-refractivity contribution in [2.45, 2.75) is 12.3 Å². The van der Waals surface area contributed by atoms with Crippen molar-refractivity contribution in [2.24, 2.45) is 0 Å². The van der Waals surface area contributed by atoms with Crippen LogP contribution in [0.25, 0.3) is 22.1 Å². The Morgan fingerprint density at radius 3 is 2.61 bits per heavy atom. The van der Waals surface area contributed by atoms with E-state index in [1.807, 2.05) is 42.5 Å². The van der Waals surface area contributed by atoms with Gasteiger partial charge >= 0.3 is 5.97 Å². The Morgan fingerprint density at radius 2 is 1.82 bits per heavy atom. The Bertz CT molecular complexity index is 1250. The largest absolute Gasteiger partial charge is 0.463 e. The first-order chi connectivity index (χ1) is 13.7. The zero-order chi connectivity index (χ0) is 19.1. The fraction of sp³-hybridized carbons (Fsp3) is 0.0870. The van der Waals surface area contributed by atoms with Crippen molar-refractivity contribution in [3.63, 3.8) is 0 Å². The predicted molar refractivity (Wildman–Crippen MR) is 104 cm³/mol. The number of pyridine rings is 1. The maximum absolute atomic E-state index is 13.1. The fourth-order valence-electron chi connectivity index (χ4n) is 3.74. The molecule has 2 aromatic carbocycles.